The summed E-state index contributed by atoms with van der Waals surface area (Å²) in [6, 6.07) is 3.36. The van der Waals surface area contributed by atoms with E-state index in [9.17, 15) is 8.42 Å². The summed E-state index contributed by atoms with van der Waals surface area (Å²) < 4.78 is 27.9. The van der Waals surface area contributed by atoms with Gasteiger partial charge in [0.2, 0.25) is 0 Å². The molecule has 0 radical (unpaired) electrons. The molecule has 0 bridgehead atoms. The van der Waals surface area contributed by atoms with Crippen molar-refractivity contribution in [1.29, 1.82) is 0 Å². The molecule has 0 amide bonds. The maximum Gasteiger partial charge on any atom is 0.266 e. The molecule has 0 atom stereocenters. The number of halogens is 2. The van der Waals surface area contributed by atoms with Crippen LogP contribution in [0.15, 0.2) is 21.5 Å². The summed E-state index contributed by atoms with van der Waals surface area (Å²) in [6.45, 7) is 1.75. The smallest absolute Gasteiger partial charge is 0.266 e. The van der Waals surface area contributed by atoms with Crippen LogP contribution in [-0.2, 0) is 9.05 Å². The second-order valence-electron chi connectivity index (χ2n) is 2.66. The number of rotatable bonds is 2. The normalized spacial score (nSPS) is 11.4. The van der Waals surface area contributed by atoms with Crippen LogP contribution in [0.1, 0.15) is 5.56 Å². The van der Waals surface area contributed by atoms with Gasteiger partial charge in [-0.15, -0.1) is 0 Å². The zero-order valence-corrected chi connectivity index (χ0v) is 10.7. The molecule has 0 aliphatic carbocycles. The minimum Gasteiger partial charge on any atom is -0.495 e. The lowest BCUT2D eigenvalue weighted by Gasteiger charge is -2.10. The molecule has 0 aliphatic heterocycles. The van der Waals surface area contributed by atoms with E-state index in [4.69, 9.17) is 15.4 Å². The molecule has 1 aromatic carbocycles. The highest BCUT2D eigenvalue weighted by atomic mass is 79.9. The van der Waals surface area contributed by atoms with Gasteiger partial charge in [-0.1, -0.05) is 6.07 Å². The third-order valence-electron chi connectivity index (χ3n) is 1.71. The Bertz CT molecular complexity index is 456. The largest absolute Gasteiger partial charge is 0.495 e. The number of benzene rings is 1. The molecule has 0 heterocycles. The van der Waals surface area contributed by atoms with Crippen molar-refractivity contribution in [2.24, 2.45) is 0 Å². The van der Waals surface area contributed by atoms with Gasteiger partial charge >= 0.3 is 0 Å². The van der Waals surface area contributed by atoms with Crippen LogP contribution >= 0.6 is 26.6 Å². The predicted molar refractivity (Wildman–Crippen MR) is 58.5 cm³/mol. The first-order valence-electron chi connectivity index (χ1n) is 3.65. The summed E-state index contributed by atoms with van der Waals surface area (Å²) >= 11 is 3.11. The first kappa shape index (κ1) is 11.8. The number of hydrogen-bond donors (Lipinski definition) is 0. The van der Waals surface area contributed by atoms with E-state index in [0.29, 0.717) is 4.47 Å². The Labute approximate surface area is 95.6 Å². The highest BCUT2D eigenvalue weighted by Gasteiger charge is 2.21. The molecule has 78 valence electrons. The minimum atomic E-state index is -3.80. The Kier molecular flexibility index (Phi) is 3.44. The van der Waals surface area contributed by atoms with Gasteiger partial charge in [0, 0.05) is 15.2 Å². The first-order valence-corrected chi connectivity index (χ1v) is 6.76. The average Bonchev–Trinajstić information content (AvgIpc) is 2.06. The molecule has 14 heavy (non-hydrogen) atoms. The van der Waals surface area contributed by atoms with E-state index in [1.165, 1.54) is 7.11 Å². The third kappa shape index (κ3) is 2.21. The van der Waals surface area contributed by atoms with Crippen molar-refractivity contribution in [1.82, 2.24) is 0 Å². The predicted octanol–water partition coefficient (Wildman–Crippen LogP) is 2.69. The highest BCUT2D eigenvalue weighted by molar-refractivity contribution is 9.10. The molecule has 0 saturated heterocycles. The molecule has 0 fully saturated rings. The van der Waals surface area contributed by atoms with Crippen molar-refractivity contribution in [3.63, 3.8) is 0 Å². The van der Waals surface area contributed by atoms with Crippen LogP contribution in [0.2, 0.25) is 0 Å². The molecule has 0 aromatic heterocycles. The molecule has 0 unspecified atom stereocenters. The fourth-order valence-corrected chi connectivity index (χ4v) is 3.58. The molecule has 3 nitrogen and oxygen atoms in total. The SMILES string of the molecule is COc1c(C)ccc(Br)c1S(=O)(=O)Cl. The topological polar surface area (TPSA) is 43.4 Å². The van der Waals surface area contributed by atoms with E-state index in [0.717, 1.165) is 5.56 Å². The van der Waals surface area contributed by atoms with Crippen LogP contribution in [0.25, 0.3) is 0 Å². The van der Waals surface area contributed by atoms with E-state index in [-0.39, 0.29) is 10.6 Å². The Morgan fingerprint density at radius 1 is 1.43 bits per heavy atom. The van der Waals surface area contributed by atoms with Crippen LogP contribution in [0.4, 0.5) is 0 Å². The molecule has 6 heteroatoms. The highest BCUT2D eigenvalue weighted by Crippen LogP contribution is 2.36. The van der Waals surface area contributed by atoms with E-state index in [2.05, 4.69) is 15.9 Å². The Morgan fingerprint density at radius 3 is 2.36 bits per heavy atom. The monoisotopic (exact) mass is 298 g/mol. The molecule has 1 rings (SSSR count). The van der Waals surface area contributed by atoms with E-state index < -0.39 is 9.05 Å². The fraction of sp³-hybridized carbons (Fsp3) is 0.250. The van der Waals surface area contributed by atoms with Crippen LogP contribution in [0.5, 0.6) is 5.75 Å². The second-order valence-corrected chi connectivity index (χ2v) is 6.02. The van der Waals surface area contributed by atoms with Crippen molar-refractivity contribution in [3.8, 4) is 5.75 Å². The van der Waals surface area contributed by atoms with Crippen molar-refractivity contribution in [2.45, 2.75) is 11.8 Å². The lowest BCUT2D eigenvalue weighted by molar-refractivity contribution is 0.399. The number of hydrogen-bond acceptors (Lipinski definition) is 3. The Balaban J connectivity index is 3.63. The molecule has 0 aliphatic rings. The quantitative estimate of drug-likeness (QED) is 0.789. The zero-order valence-electron chi connectivity index (χ0n) is 7.54. The summed E-state index contributed by atoms with van der Waals surface area (Å²) in [7, 11) is 2.89. The zero-order chi connectivity index (χ0) is 10.9. The molecule has 1 aromatic rings. The first-order chi connectivity index (χ1) is 6.38. The molecule has 0 spiro atoms. The summed E-state index contributed by atoms with van der Waals surface area (Å²) in [6.07, 6.45) is 0. The van der Waals surface area contributed by atoms with Crippen molar-refractivity contribution in [2.75, 3.05) is 7.11 Å². The van der Waals surface area contributed by atoms with E-state index in [1.54, 1.807) is 19.1 Å². The maximum absolute atomic E-state index is 11.2. The van der Waals surface area contributed by atoms with E-state index >= 15 is 0 Å². The van der Waals surface area contributed by atoms with Crippen LogP contribution < -0.4 is 4.74 Å². The van der Waals surface area contributed by atoms with Gasteiger partial charge in [-0.05, 0) is 34.5 Å². The molecular weight excluding hydrogens is 292 g/mol. The van der Waals surface area contributed by atoms with Gasteiger partial charge in [0.15, 0.2) is 0 Å². The Hall–Kier alpha value is -0.260. The van der Waals surface area contributed by atoms with Gasteiger partial charge in [0.1, 0.15) is 10.6 Å². The lowest BCUT2D eigenvalue weighted by atomic mass is 10.2. The van der Waals surface area contributed by atoms with Gasteiger partial charge in [0.25, 0.3) is 9.05 Å². The van der Waals surface area contributed by atoms with Gasteiger partial charge < -0.3 is 4.74 Å². The number of ether oxygens (including phenoxy) is 1. The van der Waals surface area contributed by atoms with Gasteiger partial charge in [-0.2, -0.15) is 0 Å². The number of methoxy groups -OCH3 is 1. The molecular formula is C8H8BrClO3S. The maximum atomic E-state index is 11.2. The third-order valence-corrected chi connectivity index (χ3v) is 3.99. The van der Waals surface area contributed by atoms with Crippen LogP contribution in [0, 0.1) is 6.92 Å². The van der Waals surface area contributed by atoms with Gasteiger partial charge in [-0.25, -0.2) is 8.42 Å². The second kappa shape index (κ2) is 4.08. The Morgan fingerprint density at radius 2 is 2.00 bits per heavy atom. The van der Waals surface area contributed by atoms with Crippen molar-refractivity contribution in [3.05, 3.63) is 22.2 Å². The lowest BCUT2D eigenvalue weighted by Crippen LogP contribution is -1.99. The van der Waals surface area contributed by atoms with Crippen molar-refractivity contribution < 1.29 is 13.2 Å². The van der Waals surface area contributed by atoms with E-state index in [1.807, 2.05) is 0 Å². The summed E-state index contributed by atoms with van der Waals surface area (Å²) in [4.78, 5) is -0.0262. The van der Waals surface area contributed by atoms with Gasteiger partial charge in [0.05, 0.1) is 7.11 Å². The number of aryl methyl sites for hydroxylation is 1. The standard InChI is InChI=1S/C8H8BrClO3S/c1-5-3-4-6(9)8(7(5)13-2)14(10,11)12/h3-4H,1-2H3. The summed E-state index contributed by atoms with van der Waals surface area (Å²) in [5.74, 6) is 0.273. The fourth-order valence-electron chi connectivity index (χ4n) is 1.12. The molecule has 0 saturated carbocycles. The van der Waals surface area contributed by atoms with Crippen molar-refractivity contribution >= 4 is 35.7 Å². The molecule has 0 N–H and O–H groups in total. The minimum absolute atomic E-state index is 0.0262. The summed E-state index contributed by atoms with van der Waals surface area (Å²) in [5.41, 5.74) is 0.718. The van der Waals surface area contributed by atoms with Crippen LogP contribution in [-0.4, -0.2) is 15.5 Å². The van der Waals surface area contributed by atoms with Crippen LogP contribution in [0.3, 0.4) is 0 Å². The van der Waals surface area contributed by atoms with Gasteiger partial charge in [-0.3, -0.25) is 0 Å². The summed E-state index contributed by atoms with van der Waals surface area (Å²) in [5, 5.41) is 0. The average molecular weight is 300 g/mol.